The van der Waals surface area contributed by atoms with Gasteiger partial charge in [-0.3, -0.25) is 4.57 Å². The maximum Gasteiger partial charge on any atom is 0.165 e. The Morgan fingerprint density at radius 1 is 0.357 bits per heavy atom. The standard InChI is InChI=1S/C52H29N3S/c1-3-14-32-30(12-1)25-28-42-48(32)49-43(29-26-38-36-18-6-5-16-34(36)35-17-7-8-19-37(35)47(38)49)55(42)52-51(53-41-27-24-31-13-2-4-15-33(31)50(41)54-52)40-21-11-23-45-46(40)39-20-9-10-22-44(39)56-45/h1-29H. The lowest BCUT2D eigenvalue weighted by atomic mass is 9.91. The second-order valence-corrected chi connectivity index (χ2v) is 15.9. The highest BCUT2D eigenvalue weighted by molar-refractivity contribution is 7.25. The highest BCUT2D eigenvalue weighted by Gasteiger charge is 2.25. The van der Waals surface area contributed by atoms with Crippen molar-refractivity contribution in [2.75, 3.05) is 0 Å². The normalized spacial score (nSPS) is 12.3. The molecule has 0 radical (unpaired) electrons. The summed E-state index contributed by atoms with van der Waals surface area (Å²) in [7, 11) is 0. The number of benzene rings is 10. The van der Waals surface area contributed by atoms with Gasteiger partial charge < -0.3 is 0 Å². The van der Waals surface area contributed by atoms with Gasteiger partial charge >= 0.3 is 0 Å². The van der Waals surface area contributed by atoms with E-state index in [2.05, 4.69) is 180 Å². The summed E-state index contributed by atoms with van der Waals surface area (Å²) < 4.78 is 4.93. The molecular formula is C52H29N3S. The molecule has 3 aromatic heterocycles. The van der Waals surface area contributed by atoms with Crippen molar-refractivity contribution in [3.63, 3.8) is 0 Å². The fourth-order valence-corrected chi connectivity index (χ4v) is 10.7. The fraction of sp³-hybridized carbons (Fsp3) is 0. The monoisotopic (exact) mass is 727 g/mol. The summed E-state index contributed by atoms with van der Waals surface area (Å²) in [4.78, 5) is 11.4. The number of aromatic nitrogens is 3. The van der Waals surface area contributed by atoms with E-state index in [1.54, 1.807) is 0 Å². The lowest BCUT2D eigenvalue weighted by molar-refractivity contribution is 1.08. The van der Waals surface area contributed by atoms with Crippen LogP contribution in [0.25, 0.3) is 124 Å². The van der Waals surface area contributed by atoms with Gasteiger partial charge in [0, 0.05) is 47.3 Å². The molecule has 0 aliphatic carbocycles. The van der Waals surface area contributed by atoms with Gasteiger partial charge in [0.1, 0.15) is 5.69 Å². The van der Waals surface area contributed by atoms with E-state index in [0.717, 1.165) is 49.9 Å². The van der Waals surface area contributed by atoms with Crippen LogP contribution < -0.4 is 0 Å². The molecule has 0 spiro atoms. The molecule has 3 nitrogen and oxygen atoms in total. The molecule has 13 rings (SSSR count). The van der Waals surface area contributed by atoms with E-state index in [4.69, 9.17) is 9.97 Å². The maximum absolute atomic E-state index is 5.77. The van der Waals surface area contributed by atoms with Crippen molar-refractivity contribution < 1.29 is 0 Å². The minimum absolute atomic E-state index is 0.830. The molecule has 0 fully saturated rings. The van der Waals surface area contributed by atoms with Gasteiger partial charge in [-0.1, -0.05) is 146 Å². The summed E-state index contributed by atoms with van der Waals surface area (Å²) in [6, 6.07) is 64.0. The molecule has 4 heteroatoms. The van der Waals surface area contributed by atoms with E-state index >= 15 is 0 Å². The van der Waals surface area contributed by atoms with Crippen molar-refractivity contribution in [3.05, 3.63) is 176 Å². The Morgan fingerprint density at radius 3 is 1.73 bits per heavy atom. The van der Waals surface area contributed by atoms with Gasteiger partial charge in [-0.05, 0) is 73.4 Å². The Kier molecular flexibility index (Phi) is 6.04. The first-order valence-electron chi connectivity index (χ1n) is 19.1. The van der Waals surface area contributed by atoms with Crippen LogP contribution in [0.3, 0.4) is 0 Å². The molecule has 0 atom stereocenters. The topological polar surface area (TPSA) is 30.7 Å². The summed E-state index contributed by atoms with van der Waals surface area (Å²) in [5.41, 5.74) is 5.97. The number of fused-ring (bicyclic) bond motifs is 18. The molecule has 3 heterocycles. The first-order valence-corrected chi connectivity index (χ1v) is 19.9. The van der Waals surface area contributed by atoms with Crippen LogP contribution in [-0.2, 0) is 0 Å². The fourth-order valence-electron chi connectivity index (χ4n) is 9.58. The van der Waals surface area contributed by atoms with Crippen LogP contribution in [0.2, 0.25) is 0 Å². The summed E-state index contributed by atoms with van der Waals surface area (Å²) in [5, 5.41) is 17.2. The highest BCUT2D eigenvalue weighted by atomic mass is 32.1. The minimum atomic E-state index is 0.830. The summed E-state index contributed by atoms with van der Waals surface area (Å²) in [6.45, 7) is 0. The van der Waals surface area contributed by atoms with Crippen LogP contribution in [-0.4, -0.2) is 14.5 Å². The first-order chi connectivity index (χ1) is 27.8. The smallest absolute Gasteiger partial charge is 0.165 e. The SMILES string of the molecule is c1ccc2c(c1)ccc1nc(-c3cccc4sc5ccccc5c34)c(-n3c4ccc5ccccc5c4c4c5c6ccccc6c6ccccc6c5ccc43)nc12. The quantitative estimate of drug-likeness (QED) is 0.166. The zero-order valence-electron chi connectivity index (χ0n) is 30.0. The number of hydrogen-bond donors (Lipinski definition) is 0. The molecule has 0 aliphatic rings. The zero-order valence-corrected chi connectivity index (χ0v) is 30.8. The van der Waals surface area contributed by atoms with Gasteiger partial charge in [-0.15, -0.1) is 11.3 Å². The lowest BCUT2D eigenvalue weighted by Crippen LogP contribution is -2.04. The second-order valence-electron chi connectivity index (χ2n) is 14.8. The van der Waals surface area contributed by atoms with Crippen molar-refractivity contribution >= 4 is 118 Å². The van der Waals surface area contributed by atoms with Gasteiger partial charge in [0.2, 0.25) is 0 Å². The number of nitrogens with zero attached hydrogens (tertiary/aromatic N) is 3. The van der Waals surface area contributed by atoms with E-state index in [9.17, 15) is 0 Å². The number of rotatable bonds is 2. The summed E-state index contributed by atoms with van der Waals surface area (Å²) in [6.07, 6.45) is 0. The third kappa shape index (κ3) is 4.01. The number of thiophene rings is 1. The van der Waals surface area contributed by atoms with Crippen LogP contribution in [0, 0.1) is 0 Å². The van der Waals surface area contributed by atoms with Gasteiger partial charge in [-0.2, -0.15) is 0 Å². The molecule has 10 aromatic carbocycles. The minimum Gasteiger partial charge on any atom is -0.292 e. The Bertz CT molecular complexity index is 3800. The van der Waals surface area contributed by atoms with Crippen LogP contribution in [0.4, 0.5) is 0 Å². The predicted octanol–water partition coefficient (Wildman–Crippen LogP) is 14.5. The van der Waals surface area contributed by atoms with Crippen molar-refractivity contribution in [3.8, 4) is 17.1 Å². The molecule has 0 amide bonds. The first kappa shape index (κ1) is 30.2. The van der Waals surface area contributed by atoms with E-state index in [0.29, 0.717) is 0 Å². The third-order valence-corrected chi connectivity index (χ3v) is 13.1. The Labute approximate surface area is 324 Å². The van der Waals surface area contributed by atoms with Crippen molar-refractivity contribution in [2.24, 2.45) is 0 Å². The maximum atomic E-state index is 5.77. The molecule has 0 bridgehead atoms. The molecule has 258 valence electrons. The van der Waals surface area contributed by atoms with E-state index < -0.39 is 0 Å². The molecule has 0 saturated heterocycles. The van der Waals surface area contributed by atoms with Gasteiger partial charge in [0.05, 0.1) is 22.1 Å². The second kappa shape index (κ2) is 11.2. The van der Waals surface area contributed by atoms with Gasteiger partial charge in [-0.25, -0.2) is 9.97 Å². The van der Waals surface area contributed by atoms with E-state index in [-0.39, 0.29) is 0 Å². The largest absolute Gasteiger partial charge is 0.292 e. The molecular weight excluding hydrogens is 699 g/mol. The average Bonchev–Trinajstić information content (AvgIpc) is 3.82. The van der Waals surface area contributed by atoms with Crippen molar-refractivity contribution in [2.45, 2.75) is 0 Å². The molecule has 0 saturated carbocycles. The summed E-state index contributed by atoms with van der Waals surface area (Å²) >= 11 is 1.83. The third-order valence-electron chi connectivity index (χ3n) is 11.9. The molecule has 13 aromatic rings. The van der Waals surface area contributed by atoms with Crippen molar-refractivity contribution in [1.29, 1.82) is 0 Å². The molecule has 0 unspecified atom stereocenters. The highest BCUT2D eigenvalue weighted by Crippen LogP contribution is 2.47. The lowest BCUT2D eigenvalue weighted by Gasteiger charge is -2.16. The van der Waals surface area contributed by atoms with E-state index in [1.807, 2.05) is 11.3 Å². The van der Waals surface area contributed by atoms with Crippen LogP contribution in [0.15, 0.2) is 176 Å². The average molecular weight is 728 g/mol. The molecule has 56 heavy (non-hydrogen) atoms. The zero-order chi connectivity index (χ0) is 36.5. The molecule has 0 aliphatic heterocycles. The Balaban J connectivity index is 1.29. The van der Waals surface area contributed by atoms with Crippen molar-refractivity contribution in [1.82, 2.24) is 14.5 Å². The van der Waals surface area contributed by atoms with Crippen LogP contribution in [0.1, 0.15) is 0 Å². The summed E-state index contributed by atoms with van der Waals surface area (Å²) in [5.74, 6) is 0.830. The number of hydrogen-bond acceptors (Lipinski definition) is 3. The van der Waals surface area contributed by atoms with Gasteiger partial charge in [0.15, 0.2) is 5.82 Å². The van der Waals surface area contributed by atoms with E-state index in [1.165, 1.54) is 74.0 Å². The van der Waals surface area contributed by atoms with Crippen LogP contribution >= 0.6 is 11.3 Å². The predicted molar refractivity (Wildman–Crippen MR) is 240 cm³/mol. The van der Waals surface area contributed by atoms with Crippen LogP contribution in [0.5, 0.6) is 0 Å². The van der Waals surface area contributed by atoms with Gasteiger partial charge in [0.25, 0.3) is 0 Å². The molecule has 0 N–H and O–H groups in total. The Morgan fingerprint density at radius 2 is 0.929 bits per heavy atom. The Hall–Kier alpha value is -7.14.